The molecule has 1 aliphatic rings. The van der Waals surface area contributed by atoms with Crippen LogP contribution in [0.15, 0.2) is 18.2 Å². The molecule has 1 aromatic carbocycles. The second-order valence-electron chi connectivity index (χ2n) is 5.69. The third kappa shape index (κ3) is 4.36. The first kappa shape index (κ1) is 18.0. The number of nitrogens with zero attached hydrogens (tertiary/aromatic N) is 1. The molecular weight excluding hydrogens is 345 g/mol. The Hall–Kier alpha value is -0.330. The van der Waals surface area contributed by atoms with Gasteiger partial charge in [0.2, 0.25) is 10.0 Å². The summed E-state index contributed by atoms with van der Waals surface area (Å²) in [6.07, 6.45) is 1.59. The summed E-state index contributed by atoms with van der Waals surface area (Å²) < 4.78 is 31.9. The van der Waals surface area contributed by atoms with Crippen molar-refractivity contribution < 1.29 is 13.2 Å². The zero-order valence-corrected chi connectivity index (χ0v) is 15.1. The Balaban J connectivity index is 2.12. The number of halogens is 2. The molecule has 1 aromatic rings. The van der Waals surface area contributed by atoms with E-state index in [1.807, 2.05) is 6.92 Å². The van der Waals surface area contributed by atoms with Gasteiger partial charge in [-0.25, -0.2) is 8.42 Å². The summed E-state index contributed by atoms with van der Waals surface area (Å²) in [5, 5.41) is 1.02. The van der Waals surface area contributed by atoms with Crippen LogP contribution in [-0.4, -0.2) is 38.7 Å². The van der Waals surface area contributed by atoms with E-state index >= 15 is 0 Å². The number of rotatable bonds is 5. The molecule has 1 aliphatic heterocycles. The van der Waals surface area contributed by atoms with Crippen molar-refractivity contribution in [3.63, 3.8) is 0 Å². The maximum atomic E-state index is 12.6. The van der Waals surface area contributed by atoms with E-state index in [4.69, 9.17) is 27.9 Å². The molecule has 0 saturated carbocycles. The minimum Gasteiger partial charge on any atom is -0.381 e. The predicted octanol–water partition coefficient (Wildman–Crippen LogP) is 3.74. The van der Waals surface area contributed by atoms with Crippen LogP contribution >= 0.6 is 23.2 Å². The van der Waals surface area contributed by atoms with E-state index in [9.17, 15) is 8.42 Å². The number of hydrogen-bond acceptors (Lipinski definition) is 3. The molecule has 22 heavy (non-hydrogen) atoms. The molecule has 1 saturated heterocycles. The SMILES string of the molecule is C[C@@H](c1ccc(Cl)cc1Cl)N(C)S(=O)(=O)CC1CCOCC1. The zero-order chi connectivity index (χ0) is 16.3. The Bertz CT molecular complexity index is 615. The van der Waals surface area contributed by atoms with Crippen LogP contribution in [-0.2, 0) is 14.8 Å². The normalized spacial score (nSPS) is 18.6. The Kier molecular flexibility index (Phi) is 6.14. The van der Waals surface area contributed by atoms with Gasteiger partial charge >= 0.3 is 0 Å². The minimum absolute atomic E-state index is 0.155. The Morgan fingerprint density at radius 3 is 2.55 bits per heavy atom. The van der Waals surface area contributed by atoms with E-state index in [2.05, 4.69) is 0 Å². The van der Waals surface area contributed by atoms with E-state index in [-0.39, 0.29) is 17.7 Å². The van der Waals surface area contributed by atoms with Gasteiger partial charge in [-0.2, -0.15) is 4.31 Å². The summed E-state index contributed by atoms with van der Waals surface area (Å²) in [5.74, 6) is 0.316. The van der Waals surface area contributed by atoms with Crippen LogP contribution in [0, 0.1) is 5.92 Å². The molecule has 0 bridgehead atoms. The molecular formula is C15H21Cl2NO3S. The maximum Gasteiger partial charge on any atom is 0.214 e. The second kappa shape index (κ2) is 7.49. The monoisotopic (exact) mass is 365 g/mol. The van der Waals surface area contributed by atoms with Crippen molar-refractivity contribution in [3.05, 3.63) is 33.8 Å². The lowest BCUT2D eigenvalue weighted by molar-refractivity contribution is 0.0720. The summed E-state index contributed by atoms with van der Waals surface area (Å²) in [6, 6.07) is 4.79. The molecule has 7 heteroatoms. The van der Waals surface area contributed by atoms with Crippen molar-refractivity contribution in [1.29, 1.82) is 0 Å². The van der Waals surface area contributed by atoms with Crippen molar-refractivity contribution >= 4 is 33.2 Å². The lowest BCUT2D eigenvalue weighted by Gasteiger charge is -2.28. The van der Waals surface area contributed by atoms with Crippen molar-refractivity contribution in [1.82, 2.24) is 4.31 Å². The molecule has 0 N–H and O–H groups in total. The summed E-state index contributed by atoms with van der Waals surface area (Å²) in [4.78, 5) is 0. The predicted molar refractivity (Wildman–Crippen MR) is 90.0 cm³/mol. The van der Waals surface area contributed by atoms with E-state index in [0.29, 0.717) is 23.3 Å². The average molecular weight is 366 g/mol. The van der Waals surface area contributed by atoms with Gasteiger partial charge in [-0.3, -0.25) is 0 Å². The molecule has 0 amide bonds. The van der Waals surface area contributed by atoms with Gasteiger partial charge in [0.05, 0.1) is 5.75 Å². The molecule has 1 fully saturated rings. The van der Waals surface area contributed by atoms with Crippen LogP contribution in [0.1, 0.15) is 31.4 Å². The summed E-state index contributed by atoms with van der Waals surface area (Å²) in [5.41, 5.74) is 0.754. The Morgan fingerprint density at radius 1 is 1.32 bits per heavy atom. The summed E-state index contributed by atoms with van der Waals surface area (Å²) in [7, 11) is -1.75. The molecule has 0 spiro atoms. The van der Waals surface area contributed by atoms with Crippen LogP contribution in [0.4, 0.5) is 0 Å². The number of benzene rings is 1. The highest BCUT2D eigenvalue weighted by molar-refractivity contribution is 7.89. The van der Waals surface area contributed by atoms with Crippen LogP contribution < -0.4 is 0 Å². The van der Waals surface area contributed by atoms with Crippen LogP contribution in [0.5, 0.6) is 0 Å². The fraction of sp³-hybridized carbons (Fsp3) is 0.600. The molecule has 0 aliphatic carbocycles. The second-order valence-corrected chi connectivity index (χ2v) is 8.61. The first-order valence-corrected chi connectivity index (χ1v) is 9.66. The number of sulfonamides is 1. The van der Waals surface area contributed by atoms with Gasteiger partial charge in [0, 0.05) is 36.3 Å². The molecule has 0 aromatic heterocycles. The van der Waals surface area contributed by atoms with Gasteiger partial charge in [-0.05, 0) is 43.4 Å². The van der Waals surface area contributed by atoms with Gasteiger partial charge in [0.15, 0.2) is 0 Å². The molecule has 1 atom stereocenters. The first-order valence-electron chi connectivity index (χ1n) is 7.29. The smallest absolute Gasteiger partial charge is 0.214 e. The van der Waals surface area contributed by atoms with Gasteiger partial charge < -0.3 is 4.74 Å². The summed E-state index contributed by atoms with van der Waals surface area (Å²) in [6.45, 7) is 3.11. The molecule has 124 valence electrons. The van der Waals surface area contributed by atoms with Crippen LogP contribution in [0.3, 0.4) is 0 Å². The van der Waals surface area contributed by atoms with Gasteiger partial charge in [-0.1, -0.05) is 29.3 Å². The maximum absolute atomic E-state index is 12.6. The first-order chi connectivity index (χ1) is 10.3. The van der Waals surface area contributed by atoms with E-state index in [1.54, 1.807) is 25.2 Å². The van der Waals surface area contributed by atoms with Crippen molar-refractivity contribution in [2.24, 2.45) is 5.92 Å². The zero-order valence-electron chi connectivity index (χ0n) is 12.8. The standard InChI is InChI=1S/C15H21Cl2NO3S/c1-11(14-4-3-13(16)9-15(14)17)18(2)22(19,20)10-12-5-7-21-8-6-12/h3-4,9,11-12H,5-8,10H2,1-2H3/t11-/m0/s1. The third-order valence-corrected chi connectivity index (χ3v) is 6.83. The van der Waals surface area contributed by atoms with Crippen molar-refractivity contribution in [2.75, 3.05) is 26.0 Å². The van der Waals surface area contributed by atoms with Crippen LogP contribution in [0.25, 0.3) is 0 Å². The molecule has 4 nitrogen and oxygen atoms in total. The van der Waals surface area contributed by atoms with E-state index in [1.165, 1.54) is 4.31 Å². The van der Waals surface area contributed by atoms with E-state index < -0.39 is 10.0 Å². The molecule has 0 radical (unpaired) electrons. The fourth-order valence-electron chi connectivity index (χ4n) is 2.61. The summed E-state index contributed by atoms with van der Waals surface area (Å²) >= 11 is 12.1. The highest BCUT2D eigenvalue weighted by Gasteiger charge is 2.29. The van der Waals surface area contributed by atoms with Gasteiger partial charge in [0.25, 0.3) is 0 Å². The highest BCUT2D eigenvalue weighted by Crippen LogP contribution is 2.31. The van der Waals surface area contributed by atoms with Crippen molar-refractivity contribution in [2.45, 2.75) is 25.8 Å². The van der Waals surface area contributed by atoms with Gasteiger partial charge in [-0.15, -0.1) is 0 Å². The lowest BCUT2D eigenvalue weighted by Crippen LogP contribution is -2.35. The largest absolute Gasteiger partial charge is 0.381 e. The van der Waals surface area contributed by atoms with E-state index in [0.717, 1.165) is 18.4 Å². The lowest BCUT2D eigenvalue weighted by atomic mass is 10.0. The highest BCUT2D eigenvalue weighted by atomic mass is 35.5. The van der Waals surface area contributed by atoms with Crippen molar-refractivity contribution in [3.8, 4) is 0 Å². The third-order valence-electron chi connectivity index (χ3n) is 4.18. The number of hydrogen-bond donors (Lipinski definition) is 0. The average Bonchev–Trinajstić information content (AvgIpc) is 2.46. The topological polar surface area (TPSA) is 46.6 Å². The molecule has 0 unspecified atom stereocenters. The number of ether oxygens (including phenoxy) is 1. The Labute approximate surface area is 142 Å². The van der Waals surface area contributed by atoms with Gasteiger partial charge in [0.1, 0.15) is 0 Å². The molecule has 1 heterocycles. The fourth-order valence-corrected chi connectivity index (χ4v) is 4.93. The van der Waals surface area contributed by atoms with Crippen LogP contribution in [0.2, 0.25) is 10.0 Å². The Morgan fingerprint density at radius 2 is 1.95 bits per heavy atom. The molecule has 2 rings (SSSR count). The quantitative estimate of drug-likeness (QED) is 0.798. The minimum atomic E-state index is -3.35.